The number of nitrogens with one attached hydrogen (secondary N) is 1. The zero-order valence-electron chi connectivity index (χ0n) is 14.4. The summed E-state index contributed by atoms with van der Waals surface area (Å²) in [6.07, 6.45) is 4.25. The molecule has 0 atom stereocenters. The molecule has 1 amide bonds. The quantitative estimate of drug-likeness (QED) is 0.693. The maximum absolute atomic E-state index is 12.5. The maximum atomic E-state index is 12.5. The summed E-state index contributed by atoms with van der Waals surface area (Å²) < 4.78 is 12.5. The average molecular weight is 354 g/mol. The predicted octanol–water partition coefficient (Wildman–Crippen LogP) is 2.11. The van der Waals surface area contributed by atoms with E-state index in [0.29, 0.717) is 41.9 Å². The van der Waals surface area contributed by atoms with Gasteiger partial charge in [-0.15, -0.1) is 0 Å². The van der Waals surface area contributed by atoms with Crippen molar-refractivity contribution in [3.8, 4) is 17.3 Å². The number of rotatable bonds is 7. The number of aromatic nitrogens is 5. The van der Waals surface area contributed by atoms with E-state index in [1.165, 1.54) is 23.7 Å². The molecule has 0 aliphatic rings. The normalized spacial score (nSPS) is 10.4. The van der Waals surface area contributed by atoms with E-state index < -0.39 is 0 Å². The predicted molar refractivity (Wildman–Crippen MR) is 93.7 cm³/mol. The van der Waals surface area contributed by atoms with Crippen LogP contribution in [-0.4, -0.2) is 43.9 Å². The van der Waals surface area contributed by atoms with Crippen molar-refractivity contribution in [2.24, 2.45) is 0 Å². The SMILES string of the molecule is CCOc1ccc(C(=O)Nc2cc(-n3cncn3)ncn2)cc1OCC. The molecule has 2 heterocycles. The van der Waals surface area contributed by atoms with Crippen LogP contribution in [0.25, 0.3) is 5.82 Å². The minimum Gasteiger partial charge on any atom is -0.490 e. The fourth-order valence-corrected chi connectivity index (χ4v) is 2.25. The van der Waals surface area contributed by atoms with Crippen molar-refractivity contribution in [1.29, 1.82) is 0 Å². The van der Waals surface area contributed by atoms with Crippen LogP contribution in [0, 0.1) is 0 Å². The van der Waals surface area contributed by atoms with E-state index in [2.05, 4.69) is 25.4 Å². The first-order valence-corrected chi connectivity index (χ1v) is 8.09. The fourth-order valence-electron chi connectivity index (χ4n) is 2.25. The monoisotopic (exact) mass is 354 g/mol. The summed E-state index contributed by atoms with van der Waals surface area (Å²) in [5, 5.41) is 6.73. The molecule has 26 heavy (non-hydrogen) atoms. The van der Waals surface area contributed by atoms with Crippen LogP contribution in [0.5, 0.6) is 11.5 Å². The number of carbonyl (C=O) groups excluding carboxylic acids is 1. The Hall–Kier alpha value is -3.49. The molecule has 2 aromatic heterocycles. The summed E-state index contributed by atoms with van der Waals surface area (Å²) >= 11 is 0. The number of ether oxygens (including phenoxy) is 2. The number of benzene rings is 1. The third-order valence-corrected chi connectivity index (χ3v) is 3.35. The molecule has 0 radical (unpaired) electrons. The lowest BCUT2D eigenvalue weighted by atomic mass is 10.2. The highest BCUT2D eigenvalue weighted by molar-refractivity contribution is 6.04. The van der Waals surface area contributed by atoms with E-state index in [4.69, 9.17) is 9.47 Å². The van der Waals surface area contributed by atoms with Crippen molar-refractivity contribution in [2.45, 2.75) is 13.8 Å². The smallest absolute Gasteiger partial charge is 0.256 e. The molecule has 0 aliphatic carbocycles. The summed E-state index contributed by atoms with van der Waals surface area (Å²) in [6, 6.07) is 6.63. The van der Waals surface area contributed by atoms with Crippen molar-refractivity contribution in [3.63, 3.8) is 0 Å². The summed E-state index contributed by atoms with van der Waals surface area (Å²) in [5.41, 5.74) is 0.429. The minimum atomic E-state index is -0.322. The third-order valence-electron chi connectivity index (χ3n) is 3.35. The Bertz CT molecular complexity index is 882. The van der Waals surface area contributed by atoms with Crippen LogP contribution in [0.2, 0.25) is 0 Å². The van der Waals surface area contributed by atoms with Gasteiger partial charge in [-0.1, -0.05) is 0 Å². The van der Waals surface area contributed by atoms with Crippen LogP contribution in [0.3, 0.4) is 0 Å². The molecule has 3 aromatic rings. The summed E-state index contributed by atoms with van der Waals surface area (Å²) in [6.45, 7) is 4.74. The summed E-state index contributed by atoms with van der Waals surface area (Å²) in [5.74, 6) is 1.64. The zero-order chi connectivity index (χ0) is 18.4. The number of hydrogen-bond acceptors (Lipinski definition) is 7. The first-order chi connectivity index (χ1) is 12.7. The molecule has 134 valence electrons. The van der Waals surface area contributed by atoms with E-state index in [-0.39, 0.29) is 5.91 Å². The second kappa shape index (κ2) is 8.06. The minimum absolute atomic E-state index is 0.322. The van der Waals surface area contributed by atoms with Gasteiger partial charge in [-0.05, 0) is 32.0 Å². The highest BCUT2D eigenvalue weighted by atomic mass is 16.5. The Morgan fingerprint density at radius 3 is 2.62 bits per heavy atom. The van der Waals surface area contributed by atoms with Crippen LogP contribution in [-0.2, 0) is 0 Å². The number of carbonyl (C=O) groups is 1. The summed E-state index contributed by atoms with van der Waals surface area (Å²) in [4.78, 5) is 24.6. The second-order valence-corrected chi connectivity index (χ2v) is 5.08. The van der Waals surface area contributed by atoms with Crippen LogP contribution >= 0.6 is 0 Å². The van der Waals surface area contributed by atoms with Crippen molar-refractivity contribution in [1.82, 2.24) is 24.7 Å². The highest BCUT2D eigenvalue weighted by Gasteiger charge is 2.13. The van der Waals surface area contributed by atoms with E-state index in [1.54, 1.807) is 24.3 Å². The largest absolute Gasteiger partial charge is 0.490 e. The average Bonchev–Trinajstić information content (AvgIpc) is 3.18. The maximum Gasteiger partial charge on any atom is 0.256 e. The second-order valence-electron chi connectivity index (χ2n) is 5.08. The Morgan fingerprint density at radius 1 is 1.08 bits per heavy atom. The molecule has 0 unspecified atom stereocenters. The van der Waals surface area contributed by atoms with Gasteiger partial charge < -0.3 is 14.8 Å². The topological polar surface area (TPSA) is 104 Å². The molecular formula is C17H18N6O3. The molecule has 0 spiro atoms. The third kappa shape index (κ3) is 3.94. The van der Waals surface area contributed by atoms with E-state index in [1.807, 2.05) is 13.8 Å². The van der Waals surface area contributed by atoms with Gasteiger partial charge in [0.1, 0.15) is 24.8 Å². The van der Waals surface area contributed by atoms with E-state index in [0.717, 1.165) is 0 Å². The fraction of sp³-hybridized carbons (Fsp3) is 0.235. The van der Waals surface area contributed by atoms with Crippen LogP contribution in [0.15, 0.2) is 43.2 Å². The lowest BCUT2D eigenvalue weighted by Crippen LogP contribution is -2.14. The molecule has 0 fully saturated rings. The van der Waals surface area contributed by atoms with Crippen molar-refractivity contribution >= 4 is 11.7 Å². The lowest BCUT2D eigenvalue weighted by molar-refractivity contribution is 0.102. The Balaban J connectivity index is 1.79. The number of amides is 1. The first kappa shape index (κ1) is 17.3. The zero-order valence-corrected chi connectivity index (χ0v) is 14.4. The van der Waals surface area contributed by atoms with Gasteiger partial charge >= 0.3 is 0 Å². The first-order valence-electron chi connectivity index (χ1n) is 8.09. The van der Waals surface area contributed by atoms with Gasteiger partial charge in [0, 0.05) is 11.6 Å². The molecule has 9 heteroatoms. The lowest BCUT2D eigenvalue weighted by Gasteiger charge is -2.12. The molecule has 0 saturated carbocycles. The molecule has 0 aliphatic heterocycles. The van der Waals surface area contributed by atoms with Crippen molar-refractivity contribution in [2.75, 3.05) is 18.5 Å². The molecule has 1 N–H and O–H groups in total. The van der Waals surface area contributed by atoms with Gasteiger partial charge in [0.25, 0.3) is 5.91 Å². The van der Waals surface area contributed by atoms with Gasteiger partial charge in [0.2, 0.25) is 0 Å². The summed E-state index contributed by atoms with van der Waals surface area (Å²) in [7, 11) is 0. The molecular weight excluding hydrogens is 336 g/mol. The van der Waals surface area contributed by atoms with Gasteiger partial charge in [0.15, 0.2) is 17.3 Å². The number of nitrogens with zero attached hydrogens (tertiary/aromatic N) is 5. The molecule has 0 saturated heterocycles. The Labute approximate surface area is 150 Å². The van der Waals surface area contributed by atoms with Gasteiger partial charge in [0.05, 0.1) is 13.2 Å². The van der Waals surface area contributed by atoms with Crippen molar-refractivity contribution in [3.05, 3.63) is 48.8 Å². The van der Waals surface area contributed by atoms with Crippen LogP contribution < -0.4 is 14.8 Å². The standard InChI is InChI=1S/C17H18N6O3/c1-3-25-13-6-5-12(7-14(13)26-4-2)17(24)22-15-8-16(20-10-19-15)23-11-18-9-21-23/h5-11H,3-4H2,1-2H3,(H,19,20,22,24). The van der Waals surface area contributed by atoms with E-state index in [9.17, 15) is 4.79 Å². The van der Waals surface area contributed by atoms with Crippen LogP contribution in [0.1, 0.15) is 24.2 Å². The molecule has 3 rings (SSSR count). The van der Waals surface area contributed by atoms with Crippen molar-refractivity contribution < 1.29 is 14.3 Å². The van der Waals surface area contributed by atoms with E-state index >= 15 is 0 Å². The number of hydrogen-bond donors (Lipinski definition) is 1. The molecule has 1 aromatic carbocycles. The van der Waals surface area contributed by atoms with Gasteiger partial charge in [-0.25, -0.2) is 19.6 Å². The molecule has 9 nitrogen and oxygen atoms in total. The Morgan fingerprint density at radius 2 is 1.88 bits per heavy atom. The van der Waals surface area contributed by atoms with Gasteiger partial charge in [-0.2, -0.15) is 5.10 Å². The van der Waals surface area contributed by atoms with Gasteiger partial charge in [-0.3, -0.25) is 4.79 Å². The van der Waals surface area contributed by atoms with Crippen LogP contribution in [0.4, 0.5) is 5.82 Å². The Kier molecular flexibility index (Phi) is 5.37. The molecule has 0 bridgehead atoms. The highest BCUT2D eigenvalue weighted by Crippen LogP contribution is 2.28. The number of anilines is 1.